The average molecular weight is 246 g/mol. The Hall–Kier alpha value is -1.73. The number of carbonyl (C=O) groups is 1. The maximum atomic E-state index is 11.0. The van der Waals surface area contributed by atoms with E-state index in [-0.39, 0.29) is 6.79 Å². The minimum Gasteiger partial charge on any atom is -0.454 e. The molecule has 0 aromatic heterocycles. The lowest BCUT2D eigenvalue weighted by atomic mass is 10.1. The van der Waals surface area contributed by atoms with Crippen LogP contribution in [0.25, 0.3) is 0 Å². The first-order valence-corrected chi connectivity index (χ1v) is 8.91. The minimum atomic E-state index is -1.45. The summed E-state index contributed by atoms with van der Waals surface area (Å²) in [5.41, 5.74) is 4.51. The molecule has 0 atom stereocenters. The second-order valence-electron chi connectivity index (χ2n) is 4.91. The molecule has 0 spiro atoms. The zero-order chi connectivity index (χ0) is 12.5. The fourth-order valence-corrected chi connectivity index (χ4v) is 1.93. The number of aldehydes is 1. The second-order valence-corrected chi connectivity index (χ2v) is 9.66. The SMILES string of the molecule is C[Si](C)(C)C#Cc1cc2c(cc1C=O)OCO2. The summed E-state index contributed by atoms with van der Waals surface area (Å²) in [7, 11) is -1.45. The molecule has 17 heavy (non-hydrogen) atoms. The van der Waals surface area contributed by atoms with Gasteiger partial charge in [0.2, 0.25) is 6.79 Å². The first-order chi connectivity index (χ1) is 7.99. The van der Waals surface area contributed by atoms with Crippen molar-refractivity contribution in [1.82, 2.24) is 0 Å². The van der Waals surface area contributed by atoms with Crippen LogP contribution in [-0.4, -0.2) is 21.2 Å². The summed E-state index contributed by atoms with van der Waals surface area (Å²) in [6.07, 6.45) is 0.802. The van der Waals surface area contributed by atoms with Gasteiger partial charge in [-0.25, -0.2) is 0 Å². The zero-order valence-electron chi connectivity index (χ0n) is 10.2. The Bertz CT molecular complexity index is 518. The van der Waals surface area contributed by atoms with Crippen LogP contribution in [0.15, 0.2) is 12.1 Å². The van der Waals surface area contributed by atoms with E-state index in [1.165, 1.54) is 0 Å². The van der Waals surface area contributed by atoms with Crippen LogP contribution in [0.4, 0.5) is 0 Å². The van der Waals surface area contributed by atoms with E-state index in [0.29, 0.717) is 22.6 Å². The normalized spacial score (nSPS) is 12.9. The number of hydrogen-bond acceptors (Lipinski definition) is 3. The Balaban J connectivity index is 2.45. The van der Waals surface area contributed by atoms with Crippen molar-refractivity contribution >= 4 is 14.4 Å². The molecule has 88 valence electrons. The summed E-state index contributed by atoms with van der Waals surface area (Å²) in [4.78, 5) is 11.0. The highest BCUT2D eigenvalue weighted by Crippen LogP contribution is 2.34. The smallest absolute Gasteiger partial charge is 0.231 e. The van der Waals surface area contributed by atoms with Gasteiger partial charge in [-0.1, -0.05) is 25.6 Å². The number of benzene rings is 1. The Kier molecular flexibility index (Phi) is 2.95. The molecule has 0 unspecified atom stereocenters. The van der Waals surface area contributed by atoms with E-state index in [4.69, 9.17) is 9.47 Å². The number of carbonyl (C=O) groups excluding carboxylic acids is 1. The molecule has 0 bridgehead atoms. The molecular weight excluding hydrogens is 232 g/mol. The van der Waals surface area contributed by atoms with E-state index in [1.54, 1.807) is 12.1 Å². The highest BCUT2D eigenvalue weighted by Gasteiger charge is 2.16. The monoisotopic (exact) mass is 246 g/mol. The Morgan fingerprint density at radius 1 is 1.24 bits per heavy atom. The van der Waals surface area contributed by atoms with Gasteiger partial charge in [-0.15, -0.1) is 5.54 Å². The van der Waals surface area contributed by atoms with Crippen LogP contribution in [0.3, 0.4) is 0 Å². The van der Waals surface area contributed by atoms with E-state index in [2.05, 4.69) is 31.1 Å². The summed E-state index contributed by atoms with van der Waals surface area (Å²) in [6, 6.07) is 3.46. The molecule has 1 aliphatic rings. The molecule has 0 saturated heterocycles. The zero-order valence-corrected chi connectivity index (χ0v) is 11.2. The summed E-state index contributed by atoms with van der Waals surface area (Å²) in [5.74, 6) is 4.36. The largest absolute Gasteiger partial charge is 0.454 e. The molecule has 3 nitrogen and oxygen atoms in total. The number of hydrogen-bond donors (Lipinski definition) is 0. The Morgan fingerprint density at radius 2 is 1.88 bits per heavy atom. The van der Waals surface area contributed by atoms with Crippen molar-refractivity contribution in [2.45, 2.75) is 19.6 Å². The van der Waals surface area contributed by atoms with Crippen molar-refractivity contribution in [3.8, 4) is 23.0 Å². The minimum absolute atomic E-state index is 0.207. The first-order valence-electron chi connectivity index (χ1n) is 5.41. The Labute approximate surface area is 102 Å². The molecule has 1 aromatic rings. The van der Waals surface area contributed by atoms with E-state index in [0.717, 1.165) is 6.29 Å². The van der Waals surface area contributed by atoms with Gasteiger partial charge >= 0.3 is 0 Å². The summed E-state index contributed by atoms with van der Waals surface area (Å²) >= 11 is 0. The second kappa shape index (κ2) is 4.26. The van der Waals surface area contributed by atoms with Crippen LogP contribution in [0.2, 0.25) is 19.6 Å². The van der Waals surface area contributed by atoms with Gasteiger partial charge in [-0.3, -0.25) is 4.79 Å². The van der Waals surface area contributed by atoms with Crippen molar-refractivity contribution in [2.24, 2.45) is 0 Å². The topological polar surface area (TPSA) is 35.5 Å². The third-order valence-corrected chi connectivity index (χ3v) is 3.12. The molecule has 2 rings (SSSR count). The van der Waals surface area contributed by atoms with E-state index >= 15 is 0 Å². The third-order valence-electron chi connectivity index (χ3n) is 2.24. The van der Waals surface area contributed by atoms with Gasteiger partial charge in [0.05, 0.1) is 0 Å². The maximum absolute atomic E-state index is 11.0. The lowest BCUT2D eigenvalue weighted by Crippen LogP contribution is -2.16. The highest BCUT2D eigenvalue weighted by molar-refractivity contribution is 6.83. The average Bonchev–Trinajstić information content (AvgIpc) is 2.70. The number of ether oxygens (including phenoxy) is 2. The first kappa shape index (κ1) is 11.7. The molecule has 0 saturated carbocycles. The van der Waals surface area contributed by atoms with Crippen molar-refractivity contribution in [1.29, 1.82) is 0 Å². The standard InChI is InChI=1S/C13H14O3Si/c1-17(2,3)5-4-10-6-12-13(16-9-15-12)7-11(10)8-14/h6-8H,9H2,1-3H3. The lowest BCUT2D eigenvalue weighted by molar-refractivity contribution is 0.112. The van der Waals surface area contributed by atoms with Crippen molar-refractivity contribution in [3.05, 3.63) is 23.3 Å². The molecule has 0 amide bonds. The fraction of sp³-hybridized carbons (Fsp3) is 0.308. The van der Waals surface area contributed by atoms with Gasteiger partial charge < -0.3 is 9.47 Å². The molecule has 4 heteroatoms. The van der Waals surface area contributed by atoms with Gasteiger partial charge in [-0.05, 0) is 6.07 Å². The van der Waals surface area contributed by atoms with Gasteiger partial charge in [0, 0.05) is 17.2 Å². The molecular formula is C13H14O3Si. The highest BCUT2D eigenvalue weighted by atomic mass is 28.3. The van der Waals surface area contributed by atoms with Crippen LogP contribution < -0.4 is 9.47 Å². The van der Waals surface area contributed by atoms with Gasteiger partial charge in [0.15, 0.2) is 17.8 Å². The van der Waals surface area contributed by atoms with Crippen molar-refractivity contribution in [2.75, 3.05) is 6.79 Å². The Morgan fingerprint density at radius 3 is 2.47 bits per heavy atom. The molecule has 0 aliphatic carbocycles. The molecule has 1 aromatic carbocycles. The number of rotatable bonds is 1. The molecule has 1 aliphatic heterocycles. The predicted molar refractivity (Wildman–Crippen MR) is 68.2 cm³/mol. The molecule has 0 radical (unpaired) electrons. The van der Waals surface area contributed by atoms with Crippen molar-refractivity contribution in [3.63, 3.8) is 0 Å². The lowest BCUT2D eigenvalue weighted by Gasteiger charge is -2.05. The van der Waals surface area contributed by atoms with E-state index < -0.39 is 8.07 Å². The van der Waals surface area contributed by atoms with Gasteiger partial charge in [0.1, 0.15) is 8.07 Å². The van der Waals surface area contributed by atoms with Gasteiger partial charge in [0.25, 0.3) is 0 Å². The summed E-state index contributed by atoms with van der Waals surface area (Å²) < 4.78 is 10.5. The number of fused-ring (bicyclic) bond motifs is 1. The van der Waals surface area contributed by atoms with Gasteiger partial charge in [-0.2, -0.15) is 0 Å². The van der Waals surface area contributed by atoms with Crippen LogP contribution in [0.5, 0.6) is 11.5 Å². The summed E-state index contributed by atoms with van der Waals surface area (Å²) in [6.45, 7) is 6.69. The summed E-state index contributed by atoms with van der Waals surface area (Å²) in [5, 5.41) is 0. The van der Waals surface area contributed by atoms with Crippen LogP contribution in [0.1, 0.15) is 15.9 Å². The van der Waals surface area contributed by atoms with Crippen LogP contribution >= 0.6 is 0 Å². The third kappa shape index (κ3) is 2.69. The fourth-order valence-electron chi connectivity index (χ4n) is 1.42. The predicted octanol–water partition coefficient (Wildman–Crippen LogP) is 2.46. The van der Waals surface area contributed by atoms with Crippen molar-refractivity contribution < 1.29 is 14.3 Å². The quantitative estimate of drug-likeness (QED) is 0.434. The molecule has 1 heterocycles. The molecule has 0 N–H and O–H groups in total. The maximum Gasteiger partial charge on any atom is 0.231 e. The molecule has 0 fully saturated rings. The van der Waals surface area contributed by atoms with E-state index in [1.807, 2.05) is 0 Å². The van der Waals surface area contributed by atoms with Crippen LogP contribution in [-0.2, 0) is 0 Å². The van der Waals surface area contributed by atoms with Crippen LogP contribution in [0, 0.1) is 11.5 Å². The van der Waals surface area contributed by atoms with E-state index in [9.17, 15) is 4.79 Å².